The molecular formula is C20H22Cl2N2O2. The zero-order valence-corrected chi connectivity index (χ0v) is 16.2. The number of hydrogen-bond donors (Lipinski definition) is 2. The summed E-state index contributed by atoms with van der Waals surface area (Å²) >= 11 is 11.9. The Morgan fingerprint density at radius 1 is 1.04 bits per heavy atom. The highest BCUT2D eigenvalue weighted by Crippen LogP contribution is 2.23. The van der Waals surface area contributed by atoms with E-state index in [9.17, 15) is 9.59 Å². The molecule has 0 atom stereocenters. The van der Waals surface area contributed by atoms with Crippen LogP contribution in [0.2, 0.25) is 10.0 Å². The summed E-state index contributed by atoms with van der Waals surface area (Å²) in [4.78, 5) is 24.6. The van der Waals surface area contributed by atoms with Crippen molar-refractivity contribution in [2.75, 3.05) is 11.9 Å². The van der Waals surface area contributed by atoms with E-state index in [4.69, 9.17) is 23.2 Å². The van der Waals surface area contributed by atoms with E-state index in [2.05, 4.69) is 17.6 Å². The van der Waals surface area contributed by atoms with Crippen LogP contribution in [0.5, 0.6) is 0 Å². The van der Waals surface area contributed by atoms with Crippen molar-refractivity contribution in [1.29, 1.82) is 0 Å². The van der Waals surface area contributed by atoms with E-state index < -0.39 is 0 Å². The smallest absolute Gasteiger partial charge is 0.253 e. The second-order valence-corrected chi connectivity index (χ2v) is 6.77. The van der Waals surface area contributed by atoms with Crippen LogP contribution in [-0.4, -0.2) is 18.4 Å². The Morgan fingerprint density at radius 3 is 2.54 bits per heavy atom. The number of anilines is 1. The zero-order valence-electron chi connectivity index (χ0n) is 14.6. The summed E-state index contributed by atoms with van der Waals surface area (Å²) in [5, 5.41) is 6.64. The molecule has 0 aliphatic carbocycles. The van der Waals surface area contributed by atoms with E-state index >= 15 is 0 Å². The second-order valence-electron chi connectivity index (χ2n) is 5.95. The van der Waals surface area contributed by atoms with Crippen molar-refractivity contribution in [3.8, 4) is 0 Å². The molecule has 0 bridgehead atoms. The Balaban J connectivity index is 1.96. The van der Waals surface area contributed by atoms with Crippen LogP contribution >= 0.6 is 23.2 Å². The molecule has 4 nitrogen and oxygen atoms in total. The minimum absolute atomic E-state index is 0.162. The van der Waals surface area contributed by atoms with Crippen LogP contribution in [0.1, 0.15) is 42.1 Å². The molecule has 138 valence electrons. The third-order valence-electron chi connectivity index (χ3n) is 3.89. The number of rotatable bonds is 8. The molecule has 0 saturated heterocycles. The third-order valence-corrected chi connectivity index (χ3v) is 4.63. The van der Waals surface area contributed by atoms with E-state index in [1.165, 1.54) is 0 Å². The van der Waals surface area contributed by atoms with Crippen LogP contribution in [0.4, 0.5) is 5.69 Å². The monoisotopic (exact) mass is 392 g/mol. The summed E-state index contributed by atoms with van der Waals surface area (Å²) in [6.45, 7) is 2.68. The van der Waals surface area contributed by atoms with Crippen molar-refractivity contribution in [2.24, 2.45) is 0 Å². The first-order chi connectivity index (χ1) is 12.5. The van der Waals surface area contributed by atoms with Gasteiger partial charge in [0, 0.05) is 13.0 Å². The van der Waals surface area contributed by atoms with Gasteiger partial charge in [-0.1, -0.05) is 54.7 Å². The number of halogens is 2. The minimum Gasteiger partial charge on any atom is -0.352 e. The van der Waals surface area contributed by atoms with Crippen LogP contribution in [-0.2, 0) is 11.2 Å². The van der Waals surface area contributed by atoms with Gasteiger partial charge in [0.25, 0.3) is 5.91 Å². The van der Waals surface area contributed by atoms with Crippen molar-refractivity contribution >= 4 is 40.7 Å². The van der Waals surface area contributed by atoms with Crippen molar-refractivity contribution in [3.63, 3.8) is 0 Å². The summed E-state index contributed by atoms with van der Waals surface area (Å²) in [6.07, 6.45) is 2.74. The number of carbonyl (C=O) groups is 2. The Labute approximate surface area is 163 Å². The first-order valence-corrected chi connectivity index (χ1v) is 9.38. The van der Waals surface area contributed by atoms with Crippen LogP contribution in [0, 0.1) is 0 Å². The van der Waals surface area contributed by atoms with Crippen molar-refractivity contribution in [2.45, 2.75) is 32.6 Å². The molecule has 0 fully saturated rings. The van der Waals surface area contributed by atoms with Gasteiger partial charge in [0.1, 0.15) is 0 Å². The van der Waals surface area contributed by atoms with Gasteiger partial charge in [-0.3, -0.25) is 9.59 Å². The Bertz CT molecular complexity index is 778. The number of unbranched alkanes of at least 4 members (excludes halogenated alkanes) is 1. The average Bonchev–Trinajstić information content (AvgIpc) is 2.63. The fourth-order valence-corrected chi connectivity index (χ4v) is 2.75. The molecule has 0 spiro atoms. The molecule has 0 aliphatic rings. The lowest BCUT2D eigenvalue weighted by molar-refractivity contribution is -0.116. The highest BCUT2D eigenvalue weighted by Gasteiger charge is 2.13. The largest absolute Gasteiger partial charge is 0.352 e. The van der Waals surface area contributed by atoms with Gasteiger partial charge in [-0.05, 0) is 42.7 Å². The number of hydrogen-bond acceptors (Lipinski definition) is 2. The highest BCUT2D eigenvalue weighted by molar-refractivity contribution is 6.42. The molecule has 2 aromatic rings. The van der Waals surface area contributed by atoms with Gasteiger partial charge in [-0.25, -0.2) is 0 Å². The fourth-order valence-electron chi connectivity index (χ4n) is 2.43. The molecule has 2 rings (SSSR count). The van der Waals surface area contributed by atoms with E-state index in [1.807, 2.05) is 6.07 Å². The summed E-state index contributed by atoms with van der Waals surface area (Å²) in [5.74, 6) is -0.344. The molecule has 6 heteroatoms. The van der Waals surface area contributed by atoms with E-state index in [0.717, 1.165) is 18.4 Å². The highest BCUT2D eigenvalue weighted by atomic mass is 35.5. The lowest BCUT2D eigenvalue weighted by Crippen LogP contribution is -2.26. The van der Waals surface area contributed by atoms with Gasteiger partial charge < -0.3 is 10.6 Å². The summed E-state index contributed by atoms with van der Waals surface area (Å²) in [7, 11) is 0. The lowest BCUT2D eigenvalue weighted by Gasteiger charge is -2.11. The van der Waals surface area contributed by atoms with Gasteiger partial charge in [-0.2, -0.15) is 0 Å². The molecule has 0 aromatic heterocycles. The minimum atomic E-state index is -0.182. The Morgan fingerprint density at radius 2 is 1.81 bits per heavy atom. The number of carbonyl (C=O) groups excluding carboxylic acids is 2. The topological polar surface area (TPSA) is 58.2 Å². The number of amides is 2. The lowest BCUT2D eigenvalue weighted by atomic mass is 10.1. The molecule has 2 amide bonds. The van der Waals surface area contributed by atoms with Crippen LogP contribution in [0.15, 0.2) is 42.5 Å². The fraction of sp³-hybridized carbons (Fsp3) is 0.300. The van der Waals surface area contributed by atoms with Gasteiger partial charge in [0.15, 0.2) is 0 Å². The predicted molar refractivity (Wildman–Crippen MR) is 107 cm³/mol. The maximum Gasteiger partial charge on any atom is 0.253 e. The average molecular weight is 393 g/mol. The van der Waals surface area contributed by atoms with Gasteiger partial charge >= 0.3 is 0 Å². The second kappa shape index (κ2) is 10.2. The van der Waals surface area contributed by atoms with Gasteiger partial charge in [0.2, 0.25) is 5.91 Å². The Kier molecular flexibility index (Phi) is 7.95. The molecule has 0 heterocycles. The van der Waals surface area contributed by atoms with Gasteiger partial charge in [0.05, 0.1) is 21.3 Å². The third kappa shape index (κ3) is 6.04. The standard InChI is InChI=1S/C20H22Cl2N2O2/c1-2-3-12-23-20(26)15-6-4-5-7-18(15)24-19(25)11-9-14-8-10-16(21)17(22)13-14/h4-8,10,13H,2-3,9,11-12H2,1H3,(H,23,26)(H,24,25). The summed E-state index contributed by atoms with van der Waals surface area (Å²) in [6, 6.07) is 12.3. The van der Waals surface area contributed by atoms with E-state index in [-0.39, 0.29) is 18.2 Å². The van der Waals surface area contributed by atoms with Crippen LogP contribution in [0.3, 0.4) is 0 Å². The van der Waals surface area contributed by atoms with E-state index in [0.29, 0.717) is 34.3 Å². The molecule has 0 aliphatic heterocycles. The molecule has 0 unspecified atom stereocenters. The number of para-hydroxylation sites is 1. The molecular weight excluding hydrogens is 371 g/mol. The number of aryl methyl sites for hydroxylation is 1. The van der Waals surface area contributed by atoms with Crippen molar-refractivity contribution in [1.82, 2.24) is 5.32 Å². The number of nitrogens with one attached hydrogen (secondary N) is 2. The van der Waals surface area contributed by atoms with Crippen molar-refractivity contribution < 1.29 is 9.59 Å². The van der Waals surface area contributed by atoms with Crippen LogP contribution in [0.25, 0.3) is 0 Å². The maximum absolute atomic E-state index is 12.3. The summed E-state index contributed by atoms with van der Waals surface area (Å²) in [5.41, 5.74) is 1.91. The molecule has 2 aromatic carbocycles. The first kappa shape index (κ1) is 20.3. The predicted octanol–water partition coefficient (Wildman–Crippen LogP) is 5.09. The van der Waals surface area contributed by atoms with Gasteiger partial charge in [-0.15, -0.1) is 0 Å². The number of benzene rings is 2. The quantitative estimate of drug-likeness (QED) is 0.614. The molecule has 0 saturated carbocycles. The normalized spacial score (nSPS) is 10.4. The maximum atomic E-state index is 12.3. The molecule has 26 heavy (non-hydrogen) atoms. The van der Waals surface area contributed by atoms with E-state index in [1.54, 1.807) is 36.4 Å². The van der Waals surface area contributed by atoms with Crippen LogP contribution < -0.4 is 10.6 Å². The molecule has 0 radical (unpaired) electrons. The summed E-state index contributed by atoms with van der Waals surface area (Å²) < 4.78 is 0. The first-order valence-electron chi connectivity index (χ1n) is 8.62. The SMILES string of the molecule is CCCCNC(=O)c1ccccc1NC(=O)CCc1ccc(Cl)c(Cl)c1. The molecule has 2 N–H and O–H groups in total. The Hall–Kier alpha value is -2.04. The van der Waals surface area contributed by atoms with Crippen molar-refractivity contribution in [3.05, 3.63) is 63.6 Å². The zero-order chi connectivity index (χ0) is 18.9.